The highest BCUT2D eigenvalue weighted by molar-refractivity contribution is 5.65. The van der Waals surface area contributed by atoms with E-state index in [-0.39, 0.29) is 6.42 Å². The van der Waals surface area contributed by atoms with Gasteiger partial charge in [0.05, 0.1) is 0 Å². The van der Waals surface area contributed by atoms with Gasteiger partial charge in [0.2, 0.25) is 0 Å². The molecule has 0 bridgehead atoms. The maximum Gasteiger partial charge on any atom is 0.0417 e. The van der Waals surface area contributed by atoms with Crippen molar-refractivity contribution < 1.29 is 9.90 Å². The summed E-state index contributed by atoms with van der Waals surface area (Å²) in [6, 6.07) is 0. The standard InChI is InChI=1S/C10H14O2/c1-6-7-3-2-4-8(7)9(6)5-10(11)12/h2-3,6-9H,4-5H2,1H3,(H,11,12)/p-1/t6-,7+,8+,9-/m0/s1. The van der Waals surface area contributed by atoms with Gasteiger partial charge in [0.15, 0.2) is 0 Å². The number of hydrogen-bond donors (Lipinski definition) is 0. The smallest absolute Gasteiger partial charge is 0.0417 e. The van der Waals surface area contributed by atoms with Gasteiger partial charge in [-0.05, 0) is 36.5 Å². The number of carboxylic acid groups (broad SMARTS) is 1. The van der Waals surface area contributed by atoms with Crippen LogP contribution in [0.1, 0.15) is 19.8 Å². The lowest BCUT2D eigenvalue weighted by Gasteiger charge is -2.47. The fraction of sp³-hybridized carbons (Fsp3) is 0.700. The minimum Gasteiger partial charge on any atom is -0.550 e. The summed E-state index contributed by atoms with van der Waals surface area (Å²) in [7, 11) is 0. The predicted octanol–water partition coefficient (Wildman–Crippen LogP) is 0.585. The van der Waals surface area contributed by atoms with E-state index < -0.39 is 5.97 Å². The molecule has 0 aliphatic heterocycles. The second-order valence-electron chi connectivity index (χ2n) is 4.00. The topological polar surface area (TPSA) is 40.1 Å². The average molecular weight is 165 g/mol. The zero-order valence-electron chi connectivity index (χ0n) is 7.19. The van der Waals surface area contributed by atoms with Crippen LogP contribution in [0.3, 0.4) is 0 Å². The van der Waals surface area contributed by atoms with E-state index in [0.29, 0.717) is 23.7 Å². The highest BCUT2D eigenvalue weighted by Gasteiger charge is 2.46. The summed E-state index contributed by atoms with van der Waals surface area (Å²) in [5.74, 6) is 1.30. The van der Waals surface area contributed by atoms with E-state index in [2.05, 4.69) is 19.1 Å². The molecule has 2 nitrogen and oxygen atoms in total. The summed E-state index contributed by atoms with van der Waals surface area (Å²) >= 11 is 0. The number of fused-ring (bicyclic) bond motifs is 1. The highest BCUT2D eigenvalue weighted by Crippen LogP contribution is 2.53. The predicted molar refractivity (Wildman–Crippen MR) is 43.0 cm³/mol. The quantitative estimate of drug-likeness (QED) is 0.562. The van der Waals surface area contributed by atoms with Crippen molar-refractivity contribution >= 4 is 5.97 Å². The van der Waals surface area contributed by atoms with Crippen molar-refractivity contribution in [3.63, 3.8) is 0 Å². The van der Waals surface area contributed by atoms with Gasteiger partial charge in [0, 0.05) is 5.97 Å². The van der Waals surface area contributed by atoms with Crippen molar-refractivity contribution in [1.29, 1.82) is 0 Å². The Labute approximate surface area is 72.3 Å². The largest absolute Gasteiger partial charge is 0.550 e. The Bertz CT molecular complexity index is 232. The molecule has 4 atom stereocenters. The first-order valence-corrected chi connectivity index (χ1v) is 4.56. The van der Waals surface area contributed by atoms with E-state index in [4.69, 9.17) is 0 Å². The van der Waals surface area contributed by atoms with Crippen LogP contribution in [-0.4, -0.2) is 5.97 Å². The number of aliphatic carboxylic acids is 1. The minimum atomic E-state index is -0.891. The second-order valence-corrected chi connectivity index (χ2v) is 4.00. The Balaban J connectivity index is 1.98. The molecule has 0 aromatic heterocycles. The molecule has 0 unspecified atom stereocenters. The second kappa shape index (κ2) is 2.61. The van der Waals surface area contributed by atoms with E-state index in [1.54, 1.807) is 0 Å². The number of carbonyl (C=O) groups is 1. The molecule has 0 saturated heterocycles. The van der Waals surface area contributed by atoms with Crippen LogP contribution >= 0.6 is 0 Å². The van der Waals surface area contributed by atoms with Gasteiger partial charge < -0.3 is 9.90 Å². The summed E-state index contributed by atoms with van der Waals surface area (Å²) in [4.78, 5) is 10.4. The van der Waals surface area contributed by atoms with Crippen LogP contribution in [0.4, 0.5) is 0 Å². The van der Waals surface area contributed by atoms with Crippen molar-refractivity contribution in [3.05, 3.63) is 12.2 Å². The normalized spacial score (nSPS) is 43.8. The van der Waals surface area contributed by atoms with Gasteiger partial charge in [-0.3, -0.25) is 0 Å². The van der Waals surface area contributed by atoms with Gasteiger partial charge in [-0.1, -0.05) is 19.1 Å². The number of carboxylic acids is 1. The number of rotatable bonds is 2. The third-order valence-corrected chi connectivity index (χ3v) is 3.50. The van der Waals surface area contributed by atoms with Gasteiger partial charge >= 0.3 is 0 Å². The first-order valence-electron chi connectivity index (χ1n) is 4.56. The molecule has 0 aromatic carbocycles. The molecule has 0 spiro atoms. The third kappa shape index (κ3) is 0.977. The molecule has 1 saturated carbocycles. The van der Waals surface area contributed by atoms with Crippen LogP contribution in [-0.2, 0) is 4.79 Å². The van der Waals surface area contributed by atoms with Crippen LogP contribution in [0.15, 0.2) is 12.2 Å². The zero-order valence-corrected chi connectivity index (χ0v) is 7.19. The van der Waals surface area contributed by atoms with E-state index in [0.717, 1.165) is 6.42 Å². The third-order valence-electron chi connectivity index (χ3n) is 3.50. The van der Waals surface area contributed by atoms with Crippen LogP contribution in [0.2, 0.25) is 0 Å². The van der Waals surface area contributed by atoms with Crippen molar-refractivity contribution in [2.75, 3.05) is 0 Å². The molecular formula is C10H13O2-. The molecule has 2 rings (SSSR count). The minimum absolute atomic E-state index is 0.254. The summed E-state index contributed by atoms with van der Waals surface area (Å²) in [6.07, 6.45) is 5.75. The lowest BCUT2D eigenvalue weighted by atomic mass is 9.58. The summed E-state index contributed by atoms with van der Waals surface area (Å²) < 4.78 is 0. The van der Waals surface area contributed by atoms with Crippen molar-refractivity contribution in [1.82, 2.24) is 0 Å². The van der Waals surface area contributed by atoms with Gasteiger partial charge in [0.1, 0.15) is 0 Å². The zero-order chi connectivity index (χ0) is 8.72. The van der Waals surface area contributed by atoms with E-state index in [9.17, 15) is 9.90 Å². The Morgan fingerprint density at radius 1 is 1.67 bits per heavy atom. The molecule has 12 heavy (non-hydrogen) atoms. The van der Waals surface area contributed by atoms with Gasteiger partial charge in [-0.25, -0.2) is 0 Å². The number of hydrogen-bond acceptors (Lipinski definition) is 2. The number of allylic oxidation sites excluding steroid dienone is 2. The van der Waals surface area contributed by atoms with Gasteiger partial charge in [-0.15, -0.1) is 0 Å². The fourth-order valence-corrected chi connectivity index (χ4v) is 2.78. The van der Waals surface area contributed by atoms with Crippen LogP contribution in [0.25, 0.3) is 0 Å². The monoisotopic (exact) mass is 165 g/mol. The maximum atomic E-state index is 10.4. The first kappa shape index (κ1) is 7.84. The Kier molecular flexibility index (Phi) is 1.71. The lowest BCUT2D eigenvalue weighted by molar-refractivity contribution is -0.308. The van der Waals surface area contributed by atoms with Crippen molar-refractivity contribution in [2.45, 2.75) is 19.8 Å². The summed E-state index contributed by atoms with van der Waals surface area (Å²) in [5, 5.41) is 10.4. The molecule has 66 valence electrons. The molecular weight excluding hydrogens is 152 g/mol. The SMILES string of the molecule is C[C@H]1[C@H]2C=CC[C@H]2[C@H]1CC(=O)[O-]. The molecule has 0 radical (unpaired) electrons. The van der Waals surface area contributed by atoms with Gasteiger partial charge in [-0.2, -0.15) is 0 Å². The molecule has 0 amide bonds. The molecule has 0 aromatic rings. The van der Waals surface area contributed by atoms with Crippen LogP contribution in [0.5, 0.6) is 0 Å². The Morgan fingerprint density at radius 3 is 3.08 bits per heavy atom. The molecule has 0 heterocycles. The van der Waals surface area contributed by atoms with E-state index in [1.165, 1.54) is 0 Å². The van der Waals surface area contributed by atoms with Crippen molar-refractivity contribution in [3.8, 4) is 0 Å². The number of carbonyl (C=O) groups excluding carboxylic acids is 1. The fourth-order valence-electron chi connectivity index (χ4n) is 2.78. The summed E-state index contributed by atoms with van der Waals surface area (Å²) in [6.45, 7) is 2.14. The highest BCUT2D eigenvalue weighted by atomic mass is 16.4. The van der Waals surface area contributed by atoms with Crippen molar-refractivity contribution in [2.24, 2.45) is 23.7 Å². The maximum absolute atomic E-state index is 10.4. The van der Waals surface area contributed by atoms with Gasteiger partial charge in [0.25, 0.3) is 0 Å². The molecule has 2 aliphatic carbocycles. The summed E-state index contributed by atoms with van der Waals surface area (Å²) in [5.41, 5.74) is 0. The molecule has 1 fully saturated rings. The first-order chi connectivity index (χ1) is 5.70. The Hall–Kier alpha value is -0.790. The average Bonchev–Trinajstić information content (AvgIpc) is 2.44. The van der Waals surface area contributed by atoms with Crippen LogP contribution < -0.4 is 5.11 Å². The molecule has 2 aliphatic rings. The lowest BCUT2D eigenvalue weighted by Crippen LogP contribution is -2.45. The van der Waals surface area contributed by atoms with Crippen LogP contribution in [0, 0.1) is 23.7 Å². The van der Waals surface area contributed by atoms with E-state index in [1.807, 2.05) is 0 Å². The molecule has 0 N–H and O–H groups in total. The van der Waals surface area contributed by atoms with E-state index >= 15 is 0 Å². The Morgan fingerprint density at radius 2 is 2.42 bits per heavy atom. The molecule has 2 heteroatoms.